The van der Waals surface area contributed by atoms with Crippen LogP contribution < -0.4 is 10.2 Å². The summed E-state index contributed by atoms with van der Waals surface area (Å²) < 4.78 is 2.82. The number of nitrogens with one attached hydrogen (secondary N) is 1. The van der Waals surface area contributed by atoms with Crippen molar-refractivity contribution >= 4 is 33.3 Å². The fourth-order valence-corrected chi connectivity index (χ4v) is 2.41. The molecule has 0 aliphatic heterocycles. The number of carbonyl (C=O) groups excluding carboxylic acids is 1. The van der Waals surface area contributed by atoms with Gasteiger partial charge in [0, 0.05) is 30.8 Å². The molecule has 5 nitrogen and oxygen atoms in total. The average Bonchev–Trinajstić information content (AvgIpc) is 2.82. The number of rotatable bonds is 4. The highest BCUT2D eigenvalue weighted by atomic mass is 79.9. The van der Waals surface area contributed by atoms with Gasteiger partial charge in [0.25, 0.3) is 5.91 Å². The van der Waals surface area contributed by atoms with Gasteiger partial charge in [0.05, 0.1) is 11.9 Å². The van der Waals surface area contributed by atoms with Crippen LogP contribution in [0.25, 0.3) is 0 Å². The molecule has 0 fully saturated rings. The highest BCUT2D eigenvalue weighted by Crippen LogP contribution is 2.21. The Balaban J connectivity index is 2.18. The Labute approximate surface area is 133 Å². The summed E-state index contributed by atoms with van der Waals surface area (Å²) in [6.45, 7) is 4.08. The number of anilines is 2. The van der Waals surface area contributed by atoms with Gasteiger partial charge >= 0.3 is 0 Å². The molecule has 0 unspecified atom stereocenters. The van der Waals surface area contributed by atoms with Crippen molar-refractivity contribution in [1.82, 2.24) is 9.55 Å². The summed E-state index contributed by atoms with van der Waals surface area (Å²) in [6, 6.07) is 5.74. The monoisotopic (exact) mass is 350 g/mol. The number of aromatic nitrogens is 2. The topological polar surface area (TPSA) is 50.2 Å². The molecule has 0 spiro atoms. The molecule has 112 valence electrons. The maximum atomic E-state index is 12.4. The van der Waals surface area contributed by atoms with Crippen molar-refractivity contribution < 1.29 is 4.79 Å². The van der Waals surface area contributed by atoms with E-state index in [-0.39, 0.29) is 11.9 Å². The molecule has 2 aromatic rings. The smallest absolute Gasteiger partial charge is 0.272 e. The summed E-state index contributed by atoms with van der Waals surface area (Å²) >= 11 is 3.41. The van der Waals surface area contributed by atoms with Crippen LogP contribution in [0, 0.1) is 0 Å². The molecular weight excluding hydrogens is 332 g/mol. The summed E-state index contributed by atoms with van der Waals surface area (Å²) in [7, 11) is 3.85. The Kier molecular flexibility index (Phi) is 4.67. The van der Waals surface area contributed by atoms with Gasteiger partial charge in [-0.2, -0.15) is 0 Å². The van der Waals surface area contributed by atoms with Gasteiger partial charge < -0.3 is 14.8 Å². The standard InChI is InChI=1S/C15H19BrN4O/c1-10(2)20-9-11(16)7-13(20)15(21)18-12-5-6-14(17-8-12)19(3)4/h5-10H,1-4H3,(H,18,21). The zero-order valence-corrected chi connectivity index (χ0v) is 14.2. The maximum Gasteiger partial charge on any atom is 0.272 e. The predicted molar refractivity (Wildman–Crippen MR) is 89.0 cm³/mol. The summed E-state index contributed by atoms with van der Waals surface area (Å²) in [5.41, 5.74) is 1.30. The highest BCUT2D eigenvalue weighted by molar-refractivity contribution is 9.10. The summed E-state index contributed by atoms with van der Waals surface area (Å²) in [5.74, 6) is 0.704. The van der Waals surface area contributed by atoms with E-state index >= 15 is 0 Å². The Bertz CT molecular complexity index is 632. The molecule has 21 heavy (non-hydrogen) atoms. The lowest BCUT2D eigenvalue weighted by atomic mass is 10.3. The first-order valence-electron chi connectivity index (χ1n) is 6.70. The lowest BCUT2D eigenvalue weighted by Crippen LogP contribution is -2.18. The lowest BCUT2D eigenvalue weighted by Gasteiger charge is -2.14. The maximum absolute atomic E-state index is 12.4. The molecule has 6 heteroatoms. The van der Waals surface area contributed by atoms with Gasteiger partial charge in [0.15, 0.2) is 0 Å². The van der Waals surface area contributed by atoms with Gasteiger partial charge in [0.1, 0.15) is 11.5 Å². The van der Waals surface area contributed by atoms with Crippen LogP contribution in [0.5, 0.6) is 0 Å². The molecule has 0 saturated heterocycles. The third-order valence-electron chi connectivity index (χ3n) is 3.07. The Morgan fingerprint density at radius 2 is 2.10 bits per heavy atom. The van der Waals surface area contributed by atoms with Crippen LogP contribution in [0.3, 0.4) is 0 Å². The Hall–Kier alpha value is -1.82. The summed E-state index contributed by atoms with van der Waals surface area (Å²) in [6.07, 6.45) is 3.57. The van der Waals surface area contributed by atoms with Crippen LogP contribution in [-0.2, 0) is 0 Å². The molecule has 1 amide bonds. The van der Waals surface area contributed by atoms with Crippen molar-refractivity contribution in [2.45, 2.75) is 19.9 Å². The minimum Gasteiger partial charge on any atom is -0.363 e. The minimum atomic E-state index is -0.145. The molecule has 0 radical (unpaired) electrons. The minimum absolute atomic E-state index is 0.145. The van der Waals surface area contributed by atoms with Crippen LogP contribution in [0.1, 0.15) is 30.4 Å². The van der Waals surface area contributed by atoms with Crippen molar-refractivity contribution in [3.8, 4) is 0 Å². The molecule has 1 N–H and O–H groups in total. The van der Waals surface area contributed by atoms with E-state index in [1.807, 2.05) is 61.8 Å². The second-order valence-electron chi connectivity index (χ2n) is 5.30. The van der Waals surface area contributed by atoms with E-state index in [9.17, 15) is 4.79 Å². The number of hydrogen-bond acceptors (Lipinski definition) is 3. The van der Waals surface area contributed by atoms with Crippen LogP contribution >= 0.6 is 15.9 Å². The van der Waals surface area contributed by atoms with E-state index in [0.29, 0.717) is 11.4 Å². The molecular formula is C15H19BrN4O. The van der Waals surface area contributed by atoms with Crippen molar-refractivity contribution in [1.29, 1.82) is 0 Å². The first-order valence-corrected chi connectivity index (χ1v) is 7.50. The zero-order valence-electron chi connectivity index (χ0n) is 12.6. The van der Waals surface area contributed by atoms with Crippen LogP contribution in [0.15, 0.2) is 35.1 Å². The van der Waals surface area contributed by atoms with Crippen molar-refractivity contribution in [3.05, 3.63) is 40.8 Å². The highest BCUT2D eigenvalue weighted by Gasteiger charge is 2.15. The second kappa shape index (κ2) is 6.30. The molecule has 0 saturated carbocycles. The van der Waals surface area contributed by atoms with E-state index < -0.39 is 0 Å². The molecule has 0 atom stereocenters. The molecule has 0 bridgehead atoms. The van der Waals surface area contributed by atoms with E-state index in [0.717, 1.165) is 10.3 Å². The number of hydrogen-bond donors (Lipinski definition) is 1. The third-order valence-corrected chi connectivity index (χ3v) is 3.50. The number of nitrogens with zero attached hydrogens (tertiary/aromatic N) is 3. The number of pyridine rings is 1. The van der Waals surface area contributed by atoms with Gasteiger partial charge in [-0.3, -0.25) is 4.79 Å². The van der Waals surface area contributed by atoms with Crippen LogP contribution in [0.4, 0.5) is 11.5 Å². The van der Waals surface area contributed by atoms with Gasteiger partial charge in [-0.15, -0.1) is 0 Å². The fourth-order valence-electron chi connectivity index (χ4n) is 1.97. The Morgan fingerprint density at radius 1 is 1.38 bits per heavy atom. The SMILES string of the molecule is CC(C)n1cc(Br)cc1C(=O)Nc1ccc(N(C)C)nc1. The fraction of sp³-hybridized carbons (Fsp3) is 0.333. The average molecular weight is 351 g/mol. The van der Waals surface area contributed by atoms with Gasteiger partial charge in [-0.25, -0.2) is 4.98 Å². The van der Waals surface area contributed by atoms with Gasteiger partial charge in [-0.1, -0.05) is 0 Å². The summed E-state index contributed by atoms with van der Waals surface area (Å²) in [5, 5.41) is 2.87. The molecule has 2 heterocycles. The molecule has 0 aliphatic rings. The quantitative estimate of drug-likeness (QED) is 0.917. The molecule has 2 rings (SSSR count). The molecule has 0 aromatic carbocycles. The van der Waals surface area contributed by atoms with E-state index in [2.05, 4.69) is 26.2 Å². The van der Waals surface area contributed by atoms with Gasteiger partial charge in [0.2, 0.25) is 0 Å². The van der Waals surface area contributed by atoms with Crippen LogP contribution in [-0.4, -0.2) is 29.6 Å². The van der Waals surface area contributed by atoms with E-state index in [4.69, 9.17) is 0 Å². The number of halogens is 1. The second-order valence-corrected chi connectivity index (χ2v) is 6.21. The first-order chi connectivity index (χ1) is 9.88. The lowest BCUT2D eigenvalue weighted by molar-refractivity contribution is 0.101. The largest absolute Gasteiger partial charge is 0.363 e. The summed E-state index contributed by atoms with van der Waals surface area (Å²) in [4.78, 5) is 18.6. The first kappa shape index (κ1) is 15.6. The van der Waals surface area contributed by atoms with Crippen molar-refractivity contribution in [2.24, 2.45) is 0 Å². The number of amides is 1. The van der Waals surface area contributed by atoms with Gasteiger partial charge in [-0.05, 0) is 48.0 Å². The predicted octanol–water partition coefficient (Wildman–Crippen LogP) is 3.54. The molecule has 0 aliphatic carbocycles. The third kappa shape index (κ3) is 3.64. The van der Waals surface area contributed by atoms with E-state index in [1.165, 1.54) is 0 Å². The Morgan fingerprint density at radius 3 is 2.62 bits per heavy atom. The number of carbonyl (C=O) groups is 1. The normalized spacial score (nSPS) is 10.8. The van der Waals surface area contributed by atoms with Crippen molar-refractivity contribution in [3.63, 3.8) is 0 Å². The zero-order chi connectivity index (χ0) is 15.6. The van der Waals surface area contributed by atoms with Crippen LogP contribution in [0.2, 0.25) is 0 Å². The van der Waals surface area contributed by atoms with E-state index in [1.54, 1.807) is 6.20 Å². The molecule has 2 aromatic heterocycles. The van der Waals surface area contributed by atoms with Crippen molar-refractivity contribution in [2.75, 3.05) is 24.3 Å².